The highest BCUT2D eigenvalue weighted by Gasteiger charge is 2.08. The molecule has 0 spiro atoms. The summed E-state index contributed by atoms with van der Waals surface area (Å²) in [5.74, 6) is 0.836. The summed E-state index contributed by atoms with van der Waals surface area (Å²) in [6, 6.07) is 7.67. The largest absolute Gasteiger partial charge is 0.297 e. The number of rotatable bonds is 1. The molecule has 2 aromatic heterocycles. The normalized spacial score (nSPS) is 10.8. The zero-order valence-corrected chi connectivity index (χ0v) is 9.09. The van der Waals surface area contributed by atoms with Gasteiger partial charge in [-0.15, -0.1) is 0 Å². The molecule has 0 unspecified atom stereocenters. The lowest BCUT2D eigenvalue weighted by Gasteiger charge is -2.02. The van der Waals surface area contributed by atoms with Crippen LogP contribution in [-0.4, -0.2) is 14.4 Å². The molecule has 16 heavy (non-hydrogen) atoms. The van der Waals surface area contributed by atoms with Gasteiger partial charge in [0, 0.05) is 18.0 Å². The molecule has 3 aromatic rings. The van der Waals surface area contributed by atoms with Crippen LogP contribution < -0.4 is 0 Å². The molecule has 0 N–H and O–H groups in total. The van der Waals surface area contributed by atoms with Gasteiger partial charge < -0.3 is 0 Å². The lowest BCUT2D eigenvalue weighted by atomic mass is 10.2. The number of imidazole rings is 1. The van der Waals surface area contributed by atoms with Crippen LogP contribution in [0.3, 0.4) is 0 Å². The van der Waals surface area contributed by atoms with Crippen molar-refractivity contribution in [2.75, 3.05) is 0 Å². The summed E-state index contributed by atoms with van der Waals surface area (Å²) in [6.45, 7) is 0. The van der Waals surface area contributed by atoms with Crippen molar-refractivity contribution >= 4 is 17.1 Å². The van der Waals surface area contributed by atoms with Gasteiger partial charge in [-0.3, -0.25) is 9.38 Å². The van der Waals surface area contributed by atoms with Crippen molar-refractivity contribution in [1.82, 2.24) is 14.4 Å². The molecule has 2 heterocycles. The van der Waals surface area contributed by atoms with E-state index in [1.807, 2.05) is 34.9 Å². The second-order valence-corrected chi connectivity index (χ2v) is 3.84. The molecule has 0 saturated carbocycles. The maximum Gasteiger partial charge on any atom is 0.146 e. The Labute approximate surface area is 97.3 Å². The summed E-state index contributed by atoms with van der Waals surface area (Å²) in [7, 11) is 0. The van der Waals surface area contributed by atoms with Gasteiger partial charge in [0.1, 0.15) is 5.82 Å². The van der Waals surface area contributed by atoms with E-state index in [4.69, 9.17) is 11.6 Å². The van der Waals surface area contributed by atoms with Crippen molar-refractivity contribution in [3.8, 4) is 11.4 Å². The Morgan fingerprint density at radius 1 is 1.12 bits per heavy atom. The number of hydrogen-bond acceptors (Lipinski definition) is 2. The van der Waals surface area contributed by atoms with E-state index in [1.165, 1.54) is 0 Å². The average Bonchev–Trinajstić information content (AvgIpc) is 2.74. The molecule has 0 bridgehead atoms. The van der Waals surface area contributed by atoms with Crippen LogP contribution in [0.15, 0.2) is 49.1 Å². The summed E-state index contributed by atoms with van der Waals surface area (Å²) in [6.07, 6.45) is 7.16. The van der Waals surface area contributed by atoms with E-state index in [0.29, 0.717) is 5.02 Å². The third-order valence-electron chi connectivity index (χ3n) is 2.45. The van der Waals surface area contributed by atoms with Crippen LogP contribution >= 0.6 is 11.6 Å². The van der Waals surface area contributed by atoms with Gasteiger partial charge in [0.2, 0.25) is 0 Å². The zero-order valence-electron chi connectivity index (χ0n) is 8.34. The van der Waals surface area contributed by atoms with Gasteiger partial charge in [-0.25, -0.2) is 4.98 Å². The van der Waals surface area contributed by atoms with Crippen LogP contribution in [0.4, 0.5) is 0 Å². The molecule has 3 rings (SSSR count). The van der Waals surface area contributed by atoms with E-state index < -0.39 is 0 Å². The molecule has 0 amide bonds. The van der Waals surface area contributed by atoms with E-state index >= 15 is 0 Å². The SMILES string of the molecule is Clc1ccccc1-c1ncc2cnccn12. The van der Waals surface area contributed by atoms with Gasteiger partial charge in [-0.05, 0) is 12.1 Å². The predicted octanol–water partition coefficient (Wildman–Crippen LogP) is 3.05. The molecule has 0 fully saturated rings. The lowest BCUT2D eigenvalue weighted by Crippen LogP contribution is -1.89. The van der Waals surface area contributed by atoms with Crippen molar-refractivity contribution in [2.24, 2.45) is 0 Å². The number of fused-ring (bicyclic) bond motifs is 1. The molecule has 3 nitrogen and oxygen atoms in total. The molecule has 78 valence electrons. The van der Waals surface area contributed by atoms with Gasteiger partial charge in [0.25, 0.3) is 0 Å². The molecule has 0 aliphatic heterocycles. The van der Waals surface area contributed by atoms with E-state index in [2.05, 4.69) is 9.97 Å². The van der Waals surface area contributed by atoms with Crippen molar-refractivity contribution in [3.05, 3.63) is 54.1 Å². The predicted molar refractivity (Wildman–Crippen MR) is 63.4 cm³/mol. The first-order valence-electron chi connectivity index (χ1n) is 4.88. The van der Waals surface area contributed by atoms with Gasteiger partial charge in [0.15, 0.2) is 0 Å². The van der Waals surface area contributed by atoms with Crippen LogP contribution in [0, 0.1) is 0 Å². The standard InChI is InChI=1S/C12H8ClN3/c13-11-4-2-1-3-10(11)12-15-8-9-7-14-5-6-16(9)12/h1-8H. The topological polar surface area (TPSA) is 30.2 Å². The fourth-order valence-corrected chi connectivity index (χ4v) is 1.91. The first kappa shape index (κ1) is 9.36. The molecule has 0 aliphatic rings. The van der Waals surface area contributed by atoms with Gasteiger partial charge in [0.05, 0.1) is 22.9 Å². The minimum absolute atomic E-state index is 0.701. The number of benzene rings is 1. The summed E-state index contributed by atoms with van der Waals surface area (Å²) in [4.78, 5) is 8.41. The van der Waals surface area contributed by atoms with E-state index in [0.717, 1.165) is 16.9 Å². The van der Waals surface area contributed by atoms with Crippen molar-refractivity contribution in [1.29, 1.82) is 0 Å². The minimum Gasteiger partial charge on any atom is -0.297 e. The van der Waals surface area contributed by atoms with Crippen LogP contribution in [0.25, 0.3) is 16.9 Å². The Kier molecular flexibility index (Phi) is 2.11. The van der Waals surface area contributed by atoms with Crippen LogP contribution in [0.5, 0.6) is 0 Å². The molecule has 4 heteroatoms. The van der Waals surface area contributed by atoms with Crippen LogP contribution in [0.2, 0.25) is 5.02 Å². The highest BCUT2D eigenvalue weighted by molar-refractivity contribution is 6.33. The third kappa shape index (κ3) is 1.37. The van der Waals surface area contributed by atoms with E-state index in [-0.39, 0.29) is 0 Å². The summed E-state index contributed by atoms with van der Waals surface area (Å²) in [5.41, 5.74) is 1.88. The van der Waals surface area contributed by atoms with Crippen molar-refractivity contribution in [3.63, 3.8) is 0 Å². The van der Waals surface area contributed by atoms with Crippen LogP contribution in [-0.2, 0) is 0 Å². The third-order valence-corrected chi connectivity index (χ3v) is 2.78. The maximum absolute atomic E-state index is 6.15. The monoisotopic (exact) mass is 229 g/mol. The highest BCUT2D eigenvalue weighted by atomic mass is 35.5. The Hall–Kier alpha value is -1.87. The second kappa shape index (κ2) is 3.61. The summed E-state index contributed by atoms with van der Waals surface area (Å²) in [5, 5.41) is 0.701. The molecule has 0 saturated heterocycles. The fraction of sp³-hybridized carbons (Fsp3) is 0. The lowest BCUT2D eigenvalue weighted by molar-refractivity contribution is 1.12. The minimum atomic E-state index is 0.701. The maximum atomic E-state index is 6.15. The Morgan fingerprint density at radius 3 is 2.88 bits per heavy atom. The number of aromatic nitrogens is 3. The average molecular weight is 230 g/mol. The van der Waals surface area contributed by atoms with Gasteiger partial charge in [-0.1, -0.05) is 23.7 Å². The van der Waals surface area contributed by atoms with Crippen LogP contribution in [0.1, 0.15) is 0 Å². The van der Waals surface area contributed by atoms with Crippen molar-refractivity contribution < 1.29 is 0 Å². The molecule has 0 atom stereocenters. The smallest absolute Gasteiger partial charge is 0.146 e. The van der Waals surface area contributed by atoms with E-state index in [1.54, 1.807) is 18.6 Å². The summed E-state index contributed by atoms with van der Waals surface area (Å²) >= 11 is 6.15. The Morgan fingerprint density at radius 2 is 2.00 bits per heavy atom. The first-order chi connectivity index (χ1) is 7.86. The number of hydrogen-bond donors (Lipinski definition) is 0. The molecule has 0 radical (unpaired) electrons. The number of halogens is 1. The van der Waals surface area contributed by atoms with Gasteiger partial charge >= 0.3 is 0 Å². The first-order valence-corrected chi connectivity index (χ1v) is 5.26. The fourth-order valence-electron chi connectivity index (χ4n) is 1.69. The van der Waals surface area contributed by atoms with Gasteiger partial charge in [-0.2, -0.15) is 0 Å². The van der Waals surface area contributed by atoms with Crippen molar-refractivity contribution in [2.45, 2.75) is 0 Å². The molecule has 1 aromatic carbocycles. The number of nitrogens with zero attached hydrogens (tertiary/aromatic N) is 3. The zero-order chi connectivity index (χ0) is 11.0. The summed E-state index contributed by atoms with van der Waals surface area (Å²) < 4.78 is 1.97. The molecular weight excluding hydrogens is 222 g/mol. The molecular formula is C12H8ClN3. The Balaban J connectivity index is 2.31. The highest BCUT2D eigenvalue weighted by Crippen LogP contribution is 2.26. The second-order valence-electron chi connectivity index (χ2n) is 3.43. The quantitative estimate of drug-likeness (QED) is 0.642. The molecule has 0 aliphatic carbocycles. The van der Waals surface area contributed by atoms with E-state index in [9.17, 15) is 0 Å². The Bertz CT molecular complexity index is 645.